The van der Waals surface area contributed by atoms with Crippen LogP contribution in [0.2, 0.25) is 0 Å². The molecule has 0 spiro atoms. The van der Waals surface area contributed by atoms with Gasteiger partial charge in [0.15, 0.2) is 0 Å². The van der Waals surface area contributed by atoms with Gasteiger partial charge in [-0.2, -0.15) is 0 Å². The fourth-order valence-electron chi connectivity index (χ4n) is 8.28. The van der Waals surface area contributed by atoms with E-state index >= 15 is 0 Å². The van der Waals surface area contributed by atoms with Gasteiger partial charge in [-0.15, -0.1) is 0 Å². The van der Waals surface area contributed by atoms with E-state index in [4.69, 9.17) is 36.1 Å². The average molecular weight is 754 g/mol. The van der Waals surface area contributed by atoms with Crippen molar-refractivity contribution >= 4 is 23.9 Å². The number of rotatable bonds is 29. The van der Waals surface area contributed by atoms with Crippen LogP contribution in [0.5, 0.6) is 0 Å². The Morgan fingerprint density at radius 3 is 1.85 bits per heavy atom. The Labute approximate surface area is 322 Å². The Morgan fingerprint density at radius 1 is 0.736 bits per heavy atom. The van der Waals surface area contributed by atoms with E-state index in [9.17, 15) is 19.2 Å². The molecule has 6 N–H and O–H groups in total. The van der Waals surface area contributed by atoms with Gasteiger partial charge in [-0.1, -0.05) is 74.7 Å². The predicted molar refractivity (Wildman–Crippen MR) is 210 cm³/mol. The van der Waals surface area contributed by atoms with E-state index in [-0.39, 0.29) is 104 Å². The number of ether oxygens (including phenoxy) is 4. The second kappa shape index (κ2) is 25.8. The lowest BCUT2D eigenvalue weighted by molar-refractivity contribution is -0.166. The van der Waals surface area contributed by atoms with Gasteiger partial charge in [0.2, 0.25) is 0 Å². The summed E-state index contributed by atoms with van der Waals surface area (Å²) in [7, 11) is 0. The predicted octanol–water partition coefficient (Wildman–Crippen LogP) is 7.38. The molecule has 11 nitrogen and oxygen atoms in total. The van der Waals surface area contributed by atoms with Crippen LogP contribution in [-0.2, 0) is 38.1 Å². The molecule has 0 heterocycles. The van der Waals surface area contributed by atoms with Gasteiger partial charge in [0.1, 0.15) is 18.3 Å². The average Bonchev–Trinajstić information content (AvgIpc) is 3.44. The van der Waals surface area contributed by atoms with Crippen molar-refractivity contribution in [3.8, 4) is 0 Å². The van der Waals surface area contributed by atoms with Crippen molar-refractivity contribution in [1.29, 1.82) is 0 Å². The lowest BCUT2D eigenvalue weighted by Gasteiger charge is -2.48. The molecule has 1 aliphatic carbocycles. The van der Waals surface area contributed by atoms with Crippen LogP contribution in [0, 0.1) is 34.5 Å². The van der Waals surface area contributed by atoms with Gasteiger partial charge in [-0.3, -0.25) is 19.2 Å². The molecule has 0 aromatic heterocycles. The highest BCUT2D eigenvalue weighted by atomic mass is 16.6. The Morgan fingerprint density at radius 2 is 1.30 bits per heavy atom. The number of hydrogen-bond acceptors (Lipinski definition) is 11. The van der Waals surface area contributed by atoms with Crippen LogP contribution in [0.3, 0.4) is 0 Å². The fourth-order valence-corrected chi connectivity index (χ4v) is 8.28. The van der Waals surface area contributed by atoms with Crippen LogP contribution in [0.4, 0.5) is 0 Å². The van der Waals surface area contributed by atoms with Gasteiger partial charge >= 0.3 is 23.9 Å². The van der Waals surface area contributed by atoms with E-state index in [1.54, 1.807) is 0 Å². The standard InChI is InChI=1S/C42H79N3O8/c1-9-12-13-14-27-50-37(46)18-15-30(4)35-17-16-32(29-34(11-3)52-39(48)21-25-44)42(35,8)36(53-40(49)22-26-45)28-31(5)41(6,7)23-19-33(10-2)51-38(47)20-24-43/h30-36H,9-29,43-45H2,1-8H3/t30-,31-,32+,33+,34-,35-,36+,42+/m1/s1. The summed E-state index contributed by atoms with van der Waals surface area (Å²) in [6.07, 6.45) is 10.9. The Bertz CT molecular complexity index is 1070. The first-order valence-electron chi connectivity index (χ1n) is 21.0. The van der Waals surface area contributed by atoms with Crippen LogP contribution < -0.4 is 17.2 Å². The summed E-state index contributed by atoms with van der Waals surface area (Å²) in [6.45, 7) is 18.5. The Kier molecular flexibility index (Phi) is 23.7. The number of nitrogens with two attached hydrogens (primary N) is 3. The molecule has 0 aromatic rings. The molecule has 0 saturated heterocycles. The lowest BCUT2D eigenvalue weighted by atomic mass is 9.61. The first-order chi connectivity index (χ1) is 25.1. The fraction of sp³-hybridized carbons (Fsp3) is 0.905. The quantitative estimate of drug-likeness (QED) is 0.0393. The van der Waals surface area contributed by atoms with Crippen molar-refractivity contribution in [3.05, 3.63) is 0 Å². The lowest BCUT2D eigenvalue weighted by Crippen LogP contribution is -2.48. The zero-order chi connectivity index (χ0) is 40.0. The maximum absolute atomic E-state index is 13.4. The third-order valence-electron chi connectivity index (χ3n) is 12.3. The third-order valence-corrected chi connectivity index (χ3v) is 12.3. The minimum atomic E-state index is -0.463. The second-order valence-corrected chi connectivity index (χ2v) is 16.6. The summed E-state index contributed by atoms with van der Waals surface area (Å²) in [5, 5.41) is 0. The second-order valence-electron chi connectivity index (χ2n) is 16.6. The molecule has 1 rings (SSSR count). The van der Waals surface area contributed by atoms with E-state index in [2.05, 4.69) is 41.5 Å². The Balaban J connectivity index is 3.43. The first-order valence-corrected chi connectivity index (χ1v) is 21.0. The minimum absolute atomic E-state index is 0.105. The molecular weight excluding hydrogens is 674 g/mol. The molecule has 310 valence electrons. The monoisotopic (exact) mass is 754 g/mol. The maximum Gasteiger partial charge on any atom is 0.307 e. The molecule has 8 atom stereocenters. The van der Waals surface area contributed by atoms with E-state index in [1.165, 1.54) is 0 Å². The van der Waals surface area contributed by atoms with Crippen LogP contribution in [-0.4, -0.2) is 68.4 Å². The topological polar surface area (TPSA) is 183 Å². The van der Waals surface area contributed by atoms with Crippen LogP contribution >= 0.6 is 0 Å². The normalized spacial score (nSPS) is 21.6. The van der Waals surface area contributed by atoms with E-state index in [0.717, 1.165) is 57.8 Å². The van der Waals surface area contributed by atoms with Gasteiger partial charge in [-0.25, -0.2) is 0 Å². The molecule has 0 bridgehead atoms. The van der Waals surface area contributed by atoms with Crippen molar-refractivity contribution in [3.63, 3.8) is 0 Å². The van der Waals surface area contributed by atoms with Gasteiger partial charge < -0.3 is 36.1 Å². The molecular formula is C42H79N3O8. The zero-order valence-corrected chi connectivity index (χ0v) is 34.9. The van der Waals surface area contributed by atoms with E-state index in [1.807, 2.05) is 13.8 Å². The molecule has 0 amide bonds. The Hall–Kier alpha value is -2.24. The maximum atomic E-state index is 13.4. The number of carbonyl (C=O) groups excluding carboxylic acids is 4. The summed E-state index contributed by atoms with van der Waals surface area (Å²) in [4.78, 5) is 50.9. The molecule has 53 heavy (non-hydrogen) atoms. The largest absolute Gasteiger partial charge is 0.466 e. The molecule has 0 unspecified atom stereocenters. The highest BCUT2D eigenvalue weighted by Crippen LogP contribution is 2.58. The van der Waals surface area contributed by atoms with E-state index in [0.29, 0.717) is 38.7 Å². The SMILES string of the molecule is CCCCCCOC(=O)CC[C@@H](C)[C@H]1CC[C@@H](C[C@@H](CC)OC(=O)CCN)[C@]1(C)[C@H](C[C@@H](C)C(C)(C)CC[C@H](CC)OC(=O)CCN)OC(=O)CCN. The molecule has 1 aliphatic rings. The molecule has 1 saturated carbocycles. The number of carbonyl (C=O) groups is 4. The minimum Gasteiger partial charge on any atom is -0.466 e. The summed E-state index contributed by atoms with van der Waals surface area (Å²) in [5.74, 6) is -0.488. The summed E-state index contributed by atoms with van der Waals surface area (Å²) >= 11 is 0. The highest BCUT2D eigenvalue weighted by molar-refractivity contribution is 5.70. The first kappa shape index (κ1) is 48.8. The van der Waals surface area contributed by atoms with E-state index < -0.39 is 11.5 Å². The van der Waals surface area contributed by atoms with Crippen molar-refractivity contribution in [2.45, 2.75) is 183 Å². The van der Waals surface area contributed by atoms with Gasteiger partial charge in [-0.05, 0) is 93.3 Å². The smallest absolute Gasteiger partial charge is 0.307 e. The molecule has 0 radical (unpaired) electrons. The summed E-state index contributed by atoms with van der Waals surface area (Å²) < 4.78 is 23.7. The number of esters is 4. The number of hydrogen-bond donors (Lipinski definition) is 3. The summed E-state index contributed by atoms with van der Waals surface area (Å²) in [6, 6.07) is 0. The van der Waals surface area contributed by atoms with Gasteiger partial charge in [0.25, 0.3) is 0 Å². The molecule has 1 fully saturated rings. The highest BCUT2D eigenvalue weighted by Gasteiger charge is 2.55. The van der Waals surface area contributed by atoms with Crippen LogP contribution in [0.25, 0.3) is 0 Å². The number of unbranched alkanes of at least 4 members (excludes halogenated alkanes) is 3. The van der Waals surface area contributed by atoms with Crippen LogP contribution in [0.15, 0.2) is 0 Å². The van der Waals surface area contributed by atoms with Crippen LogP contribution in [0.1, 0.15) is 165 Å². The van der Waals surface area contributed by atoms with Crippen molar-refractivity contribution in [1.82, 2.24) is 0 Å². The zero-order valence-electron chi connectivity index (χ0n) is 34.9. The van der Waals surface area contributed by atoms with Gasteiger partial charge in [0.05, 0.1) is 25.9 Å². The van der Waals surface area contributed by atoms with Gasteiger partial charge in [0, 0.05) is 31.5 Å². The third kappa shape index (κ3) is 17.0. The summed E-state index contributed by atoms with van der Waals surface area (Å²) in [5.41, 5.74) is 16.4. The van der Waals surface area contributed by atoms with Crippen molar-refractivity contribution in [2.24, 2.45) is 51.7 Å². The van der Waals surface area contributed by atoms with Crippen molar-refractivity contribution in [2.75, 3.05) is 26.2 Å². The molecule has 0 aromatic carbocycles. The van der Waals surface area contributed by atoms with Crippen molar-refractivity contribution < 1.29 is 38.1 Å². The molecule has 11 heteroatoms. The molecule has 0 aliphatic heterocycles.